The molecular formula is C22H30N4O4S. The van der Waals surface area contributed by atoms with Crippen LogP contribution in [0.1, 0.15) is 46.0 Å². The molecule has 4 fully saturated rings. The summed E-state index contributed by atoms with van der Waals surface area (Å²) < 4.78 is 35.4. The fraction of sp³-hybridized carbons (Fsp3) is 0.636. The second-order valence-corrected chi connectivity index (χ2v) is 11.7. The highest BCUT2D eigenvalue weighted by atomic mass is 32.2. The van der Waals surface area contributed by atoms with Crippen LogP contribution in [-0.4, -0.2) is 42.7 Å². The van der Waals surface area contributed by atoms with Crippen molar-refractivity contribution in [3.63, 3.8) is 0 Å². The van der Waals surface area contributed by atoms with Gasteiger partial charge in [-0.15, -0.1) is 0 Å². The maximum absolute atomic E-state index is 12.4. The van der Waals surface area contributed by atoms with Crippen LogP contribution in [-0.2, 0) is 10.0 Å². The van der Waals surface area contributed by atoms with Gasteiger partial charge in [-0.05, 0) is 75.8 Å². The van der Waals surface area contributed by atoms with Crippen molar-refractivity contribution in [1.29, 1.82) is 10.7 Å². The Morgan fingerprint density at radius 2 is 1.81 bits per heavy atom. The normalized spacial score (nSPS) is 31.7. The molecule has 1 aromatic rings. The molecule has 0 amide bonds. The number of nitrogens with one attached hydrogen (secondary N) is 1. The highest BCUT2D eigenvalue weighted by Crippen LogP contribution is 2.59. The van der Waals surface area contributed by atoms with Gasteiger partial charge in [0.1, 0.15) is 0 Å². The molecule has 9 heteroatoms. The average Bonchev–Trinajstić information content (AvgIpc) is 2.69. The van der Waals surface area contributed by atoms with Gasteiger partial charge in [0, 0.05) is 0 Å². The lowest BCUT2D eigenvalue weighted by molar-refractivity contribution is -0.0245. The zero-order valence-corrected chi connectivity index (χ0v) is 19.0. The maximum atomic E-state index is 12.4. The molecule has 3 N–H and O–H groups in total. The predicted octanol–water partition coefficient (Wildman–Crippen LogP) is 2.85. The molecule has 31 heavy (non-hydrogen) atoms. The number of nitrogens with two attached hydrogens (primary N) is 1. The summed E-state index contributed by atoms with van der Waals surface area (Å²) in [5.41, 5.74) is -1.09. The summed E-state index contributed by atoms with van der Waals surface area (Å²) >= 11 is 0. The van der Waals surface area contributed by atoms with Crippen LogP contribution in [0.4, 0.5) is 0 Å². The third-order valence-electron chi connectivity index (χ3n) is 7.42. The first kappa shape index (κ1) is 21.9. The molecule has 0 saturated heterocycles. The van der Waals surface area contributed by atoms with Gasteiger partial charge in [-0.3, -0.25) is 10.3 Å². The second kappa shape index (κ2) is 7.38. The molecule has 8 nitrogen and oxygen atoms in total. The quantitative estimate of drug-likeness (QED) is 0.299. The Hall–Kier alpha value is -2.31. The first-order valence-corrected chi connectivity index (χ1v) is 12.2. The van der Waals surface area contributed by atoms with Gasteiger partial charge in [0.25, 0.3) is 0 Å². The first-order chi connectivity index (χ1) is 14.5. The fourth-order valence-corrected chi connectivity index (χ4v) is 7.64. The topological polar surface area (TPSA) is 130 Å². The lowest BCUT2D eigenvalue weighted by Crippen LogP contribution is -2.66. The Kier molecular flexibility index (Phi) is 5.22. The standard InChI is InChI=1S/C22H30N4O4S/c1-21(2,30-18-7-5-4-6-17(18)29-3)20(24)26(13-23)19-15-8-14-9-16(19)12-22(10-14,11-15)31(25,27)28/h4-7,14-16,19,24H,8-12H2,1-3H3,(H2,25,27,28). The summed E-state index contributed by atoms with van der Waals surface area (Å²) in [5, 5.41) is 24.6. The van der Waals surface area contributed by atoms with Crippen LogP contribution in [0.15, 0.2) is 24.3 Å². The van der Waals surface area contributed by atoms with Crippen LogP contribution in [0.5, 0.6) is 11.5 Å². The van der Waals surface area contributed by atoms with E-state index in [0.29, 0.717) is 36.7 Å². The minimum absolute atomic E-state index is 0.0200. The number of ether oxygens (including phenoxy) is 2. The molecule has 0 radical (unpaired) electrons. The summed E-state index contributed by atoms with van der Waals surface area (Å²) in [6, 6.07) is 7.00. The SMILES string of the molecule is COc1ccccc1OC(C)(C)C(=N)N(C#N)C1C2CC3CC1CC(S(N)(=O)=O)(C3)C2. The van der Waals surface area contributed by atoms with E-state index in [1.807, 2.05) is 12.1 Å². The first-order valence-electron chi connectivity index (χ1n) is 10.6. The number of methoxy groups -OCH3 is 1. The Labute approximate surface area is 183 Å². The van der Waals surface area contributed by atoms with Crippen molar-refractivity contribution in [3.8, 4) is 17.7 Å². The molecule has 0 heterocycles. The van der Waals surface area contributed by atoms with E-state index in [2.05, 4.69) is 6.19 Å². The van der Waals surface area contributed by atoms with Crippen LogP contribution < -0.4 is 14.6 Å². The largest absolute Gasteiger partial charge is 0.493 e. The maximum Gasteiger partial charge on any atom is 0.214 e. The summed E-state index contributed by atoms with van der Waals surface area (Å²) in [5.74, 6) is 1.47. The van der Waals surface area contributed by atoms with Crippen molar-refractivity contribution in [2.24, 2.45) is 22.9 Å². The van der Waals surface area contributed by atoms with Crippen molar-refractivity contribution in [2.45, 2.75) is 62.3 Å². The highest BCUT2D eigenvalue weighted by Gasteiger charge is 2.61. The predicted molar refractivity (Wildman–Crippen MR) is 116 cm³/mol. The molecule has 0 spiro atoms. The highest BCUT2D eigenvalue weighted by molar-refractivity contribution is 7.90. The van der Waals surface area contributed by atoms with E-state index in [1.54, 1.807) is 33.1 Å². The van der Waals surface area contributed by atoms with E-state index >= 15 is 0 Å². The van der Waals surface area contributed by atoms with Gasteiger partial charge in [0.15, 0.2) is 29.1 Å². The molecule has 4 bridgehead atoms. The van der Waals surface area contributed by atoms with Crippen LogP contribution in [0.3, 0.4) is 0 Å². The van der Waals surface area contributed by atoms with Gasteiger partial charge in [0.2, 0.25) is 10.0 Å². The van der Waals surface area contributed by atoms with Crippen molar-refractivity contribution in [2.75, 3.05) is 7.11 Å². The van der Waals surface area contributed by atoms with Gasteiger partial charge >= 0.3 is 0 Å². The average molecular weight is 447 g/mol. The molecule has 5 rings (SSSR count). The monoisotopic (exact) mass is 446 g/mol. The second-order valence-electron chi connectivity index (χ2n) is 9.77. The van der Waals surface area contributed by atoms with E-state index in [9.17, 15) is 13.7 Å². The number of sulfonamides is 1. The minimum Gasteiger partial charge on any atom is -0.493 e. The number of rotatable bonds is 6. The Morgan fingerprint density at radius 1 is 1.23 bits per heavy atom. The molecule has 1 aromatic carbocycles. The van der Waals surface area contributed by atoms with E-state index < -0.39 is 20.4 Å². The molecule has 4 aliphatic carbocycles. The molecule has 168 valence electrons. The fourth-order valence-electron chi connectivity index (χ4n) is 6.28. The number of benzene rings is 1. The van der Waals surface area contributed by atoms with E-state index in [4.69, 9.17) is 20.0 Å². The summed E-state index contributed by atoms with van der Waals surface area (Å²) in [6.07, 6.45) is 5.51. The van der Waals surface area contributed by atoms with Gasteiger partial charge < -0.3 is 9.47 Å². The summed E-state index contributed by atoms with van der Waals surface area (Å²) in [7, 11) is -2.11. The lowest BCUT2D eigenvalue weighted by Gasteiger charge is -2.60. The number of amidine groups is 1. The number of hydrogen-bond donors (Lipinski definition) is 2. The Bertz CT molecular complexity index is 1020. The summed E-state index contributed by atoms with van der Waals surface area (Å²) in [6.45, 7) is 3.52. The molecule has 4 saturated carbocycles. The molecule has 0 aromatic heterocycles. The number of para-hydroxylation sites is 2. The van der Waals surface area contributed by atoms with Gasteiger partial charge in [-0.2, -0.15) is 5.26 Å². The van der Waals surface area contributed by atoms with Crippen molar-refractivity contribution < 1.29 is 17.9 Å². The van der Waals surface area contributed by atoms with Crippen LogP contribution in [0.25, 0.3) is 0 Å². The van der Waals surface area contributed by atoms with E-state index in [-0.39, 0.29) is 23.7 Å². The number of hydrogen-bond acceptors (Lipinski definition) is 6. The Morgan fingerprint density at radius 3 is 2.32 bits per heavy atom. The third kappa shape index (κ3) is 3.56. The lowest BCUT2D eigenvalue weighted by atomic mass is 9.53. The smallest absolute Gasteiger partial charge is 0.214 e. The Balaban J connectivity index is 1.59. The van der Waals surface area contributed by atoms with Crippen LogP contribution in [0.2, 0.25) is 0 Å². The molecule has 2 unspecified atom stereocenters. The van der Waals surface area contributed by atoms with Crippen LogP contribution >= 0.6 is 0 Å². The summed E-state index contributed by atoms with van der Waals surface area (Å²) in [4.78, 5) is 1.46. The van der Waals surface area contributed by atoms with E-state index in [0.717, 1.165) is 12.8 Å². The van der Waals surface area contributed by atoms with Crippen molar-refractivity contribution in [3.05, 3.63) is 24.3 Å². The van der Waals surface area contributed by atoms with Crippen molar-refractivity contribution in [1.82, 2.24) is 4.90 Å². The number of nitrogens with zero attached hydrogens (tertiary/aromatic N) is 2. The molecule has 0 aliphatic heterocycles. The zero-order valence-electron chi connectivity index (χ0n) is 18.2. The van der Waals surface area contributed by atoms with Crippen LogP contribution in [0, 0.1) is 34.6 Å². The number of primary sulfonamides is 1. The van der Waals surface area contributed by atoms with E-state index in [1.165, 1.54) is 4.90 Å². The minimum atomic E-state index is -3.67. The molecule has 4 aliphatic rings. The van der Waals surface area contributed by atoms with Gasteiger partial charge in [-0.1, -0.05) is 12.1 Å². The molecular weight excluding hydrogens is 416 g/mol. The third-order valence-corrected chi connectivity index (χ3v) is 9.13. The van der Waals surface area contributed by atoms with Gasteiger partial charge in [-0.25, -0.2) is 13.6 Å². The number of nitriles is 1. The zero-order chi connectivity index (χ0) is 22.6. The van der Waals surface area contributed by atoms with Gasteiger partial charge in [0.05, 0.1) is 17.9 Å². The molecule has 2 atom stereocenters. The van der Waals surface area contributed by atoms with Crippen molar-refractivity contribution >= 4 is 15.9 Å².